The van der Waals surface area contributed by atoms with Gasteiger partial charge in [0.2, 0.25) is 5.89 Å². The third-order valence-corrected chi connectivity index (χ3v) is 3.89. The minimum atomic E-state index is 0.576. The standard InChI is InChI=1S/C17H16BrN3O/c1-21(11-13-7-9-15(18)10-8-13)12-16-19-20-17(22-16)14-5-3-2-4-6-14/h2-10H,11-12H2,1H3/p+1. The van der Waals surface area contributed by atoms with Crippen LogP contribution in [0.3, 0.4) is 0 Å². The van der Waals surface area contributed by atoms with Crippen LogP contribution in [0.5, 0.6) is 0 Å². The molecule has 5 heteroatoms. The molecular weight excluding hydrogens is 342 g/mol. The summed E-state index contributed by atoms with van der Waals surface area (Å²) in [6.45, 7) is 1.62. The molecule has 3 rings (SSSR count). The van der Waals surface area contributed by atoms with Gasteiger partial charge in [0.05, 0.1) is 7.05 Å². The molecule has 0 spiro atoms. The normalized spacial score (nSPS) is 12.3. The summed E-state index contributed by atoms with van der Waals surface area (Å²) < 4.78 is 6.84. The topological polar surface area (TPSA) is 43.4 Å². The van der Waals surface area contributed by atoms with Gasteiger partial charge in [-0.05, 0) is 24.3 Å². The first kappa shape index (κ1) is 14.9. The molecule has 1 heterocycles. The van der Waals surface area contributed by atoms with Crippen LogP contribution in [0.15, 0.2) is 63.5 Å². The van der Waals surface area contributed by atoms with Crippen molar-refractivity contribution in [3.63, 3.8) is 0 Å². The zero-order valence-electron chi connectivity index (χ0n) is 12.3. The van der Waals surface area contributed by atoms with Crippen LogP contribution in [-0.4, -0.2) is 17.2 Å². The monoisotopic (exact) mass is 358 g/mol. The van der Waals surface area contributed by atoms with Crippen LogP contribution < -0.4 is 4.90 Å². The lowest BCUT2D eigenvalue weighted by molar-refractivity contribution is -0.909. The molecule has 0 saturated heterocycles. The summed E-state index contributed by atoms with van der Waals surface area (Å²) in [6.07, 6.45) is 0. The van der Waals surface area contributed by atoms with Crippen LogP contribution >= 0.6 is 15.9 Å². The lowest BCUT2D eigenvalue weighted by Gasteiger charge is -2.11. The van der Waals surface area contributed by atoms with E-state index < -0.39 is 0 Å². The van der Waals surface area contributed by atoms with Gasteiger partial charge in [0, 0.05) is 15.6 Å². The van der Waals surface area contributed by atoms with Gasteiger partial charge in [0.15, 0.2) is 6.54 Å². The van der Waals surface area contributed by atoms with Crippen molar-refractivity contribution >= 4 is 15.9 Å². The zero-order valence-corrected chi connectivity index (χ0v) is 13.9. The van der Waals surface area contributed by atoms with Gasteiger partial charge in [0.1, 0.15) is 6.54 Å². The molecule has 0 aliphatic heterocycles. The van der Waals surface area contributed by atoms with Crippen molar-refractivity contribution < 1.29 is 9.32 Å². The van der Waals surface area contributed by atoms with Crippen LogP contribution in [0, 0.1) is 0 Å². The largest absolute Gasteiger partial charge is 0.415 e. The average Bonchev–Trinajstić information content (AvgIpc) is 2.99. The van der Waals surface area contributed by atoms with E-state index in [1.54, 1.807) is 0 Å². The van der Waals surface area contributed by atoms with Crippen molar-refractivity contribution in [3.8, 4) is 11.5 Å². The highest BCUT2D eigenvalue weighted by atomic mass is 79.9. The molecule has 1 aromatic heterocycles. The summed E-state index contributed by atoms with van der Waals surface area (Å²) >= 11 is 3.45. The predicted octanol–water partition coefficient (Wildman–Crippen LogP) is 2.71. The number of aromatic nitrogens is 2. The number of halogens is 1. The van der Waals surface area contributed by atoms with Crippen molar-refractivity contribution in [1.82, 2.24) is 10.2 Å². The first-order chi connectivity index (χ1) is 10.7. The molecule has 112 valence electrons. The minimum Gasteiger partial charge on any atom is -0.415 e. The Morgan fingerprint density at radius 1 is 0.955 bits per heavy atom. The first-order valence-electron chi connectivity index (χ1n) is 7.14. The molecule has 4 nitrogen and oxygen atoms in total. The number of nitrogens with zero attached hydrogens (tertiary/aromatic N) is 2. The second kappa shape index (κ2) is 6.85. The van der Waals surface area contributed by atoms with Crippen LogP contribution in [0.1, 0.15) is 11.5 Å². The summed E-state index contributed by atoms with van der Waals surface area (Å²) in [6, 6.07) is 18.2. The van der Waals surface area contributed by atoms with Gasteiger partial charge >= 0.3 is 0 Å². The molecule has 3 aromatic rings. The molecule has 0 saturated carbocycles. The number of quaternary nitrogens is 1. The summed E-state index contributed by atoms with van der Waals surface area (Å²) in [5.41, 5.74) is 2.23. The summed E-state index contributed by atoms with van der Waals surface area (Å²) in [5, 5.41) is 8.27. The van der Waals surface area contributed by atoms with Gasteiger partial charge in [-0.2, -0.15) is 0 Å². The summed E-state index contributed by atoms with van der Waals surface area (Å²) in [5.74, 6) is 1.24. The van der Waals surface area contributed by atoms with Gasteiger partial charge in [-0.25, -0.2) is 0 Å². The van der Waals surface area contributed by atoms with E-state index in [2.05, 4.69) is 57.4 Å². The molecule has 22 heavy (non-hydrogen) atoms. The molecule has 0 aliphatic rings. The molecule has 0 aliphatic carbocycles. The van der Waals surface area contributed by atoms with E-state index >= 15 is 0 Å². The summed E-state index contributed by atoms with van der Waals surface area (Å²) in [4.78, 5) is 1.30. The molecule has 0 amide bonds. The van der Waals surface area contributed by atoms with E-state index in [1.165, 1.54) is 10.5 Å². The smallest absolute Gasteiger partial charge is 0.271 e. The molecule has 0 radical (unpaired) electrons. The number of rotatable bonds is 5. The maximum atomic E-state index is 5.75. The maximum Gasteiger partial charge on any atom is 0.271 e. The van der Waals surface area contributed by atoms with E-state index in [1.807, 2.05) is 30.3 Å². The van der Waals surface area contributed by atoms with Crippen molar-refractivity contribution in [2.75, 3.05) is 7.05 Å². The van der Waals surface area contributed by atoms with Crippen LogP contribution in [-0.2, 0) is 13.1 Å². The molecule has 0 fully saturated rings. The Bertz CT molecular complexity index is 725. The molecule has 1 atom stereocenters. The predicted molar refractivity (Wildman–Crippen MR) is 88.2 cm³/mol. The first-order valence-corrected chi connectivity index (χ1v) is 7.93. The van der Waals surface area contributed by atoms with Gasteiger partial charge in [-0.3, -0.25) is 0 Å². The fourth-order valence-electron chi connectivity index (χ4n) is 2.29. The minimum absolute atomic E-state index is 0.576. The quantitative estimate of drug-likeness (QED) is 0.762. The fourth-order valence-corrected chi connectivity index (χ4v) is 2.56. The Kier molecular flexibility index (Phi) is 4.65. The average molecular weight is 359 g/mol. The zero-order chi connectivity index (χ0) is 15.4. The SMILES string of the molecule is C[NH+](Cc1ccc(Br)cc1)Cc1nnc(-c2ccccc2)o1. The highest BCUT2D eigenvalue weighted by Gasteiger charge is 2.13. The highest BCUT2D eigenvalue weighted by Crippen LogP contribution is 2.16. The number of benzene rings is 2. The molecule has 1 unspecified atom stereocenters. The maximum absolute atomic E-state index is 5.75. The molecule has 0 bridgehead atoms. The van der Waals surface area contributed by atoms with Crippen molar-refractivity contribution in [3.05, 3.63) is 70.5 Å². The van der Waals surface area contributed by atoms with E-state index in [-0.39, 0.29) is 0 Å². The second-order valence-corrected chi connectivity index (χ2v) is 6.22. The number of nitrogens with one attached hydrogen (secondary N) is 1. The molecular formula is C17H17BrN3O+. The Balaban J connectivity index is 1.63. The second-order valence-electron chi connectivity index (χ2n) is 5.30. The van der Waals surface area contributed by atoms with Crippen molar-refractivity contribution in [2.24, 2.45) is 0 Å². The molecule has 1 N–H and O–H groups in total. The van der Waals surface area contributed by atoms with E-state index in [0.29, 0.717) is 18.3 Å². The molecule has 2 aromatic carbocycles. The van der Waals surface area contributed by atoms with Gasteiger partial charge in [0.25, 0.3) is 5.89 Å². The highest BCUT2D eigenvalue weighted by molar-refractivity contribution is 9.10. The third-order valence-electron chi connectivity index (χ3n) is 3.36. The fraction of sp³-hybridized carbons (Fsp3) is 0.176. The van der Waals surface area contributed by atoms with E-state index in [9.17, 15) is 0 Å². The summed E-state index contributed by atoms with van der Waals surface area (Å²) in [7, 11) is 2.12. The Morgan fingerprint density at radius 2 is 1.68 bits per heavy atom. The van der Waals surface area contributed by atoms with Crippen LogP contribution in [0.25, 0.3) is 11.5 Å². The van der Waals surface area contributed by atoms with E-state index in [0.717, 1.165) is 16.6 Å². The van der Waals surface area contributed by atoms with Crippen LogP contribution in [0.4, 0.5) is 0 Å². The lowest BCUT2D eigenvalue weighted by atomic mass is 10.2. The van der Waals surface area contributed by atoms with Gasteiger partial charge in [-0.1, -0.05) is 46.3 Å². The van der Waals surface area contributed by atoms with Crippen LogP contribution in [0.2, 0.25) is 0 Å². The van der Waals surface area contributed by atoms with Crippen molar-refractivity contribution in [1.29, 1.82) is 0 Å². The Labute approximate surface area is 137 Å². The Hall–Kier alpha value is -1.98. The van der Waals surface area contributed by atoms with Gasteiger partial charge < -0.3 is 9.32 Å². The number of hydrogen-bond donors (Lipinski definition) is 1. The number of hydrogen-bond acceptors (Lipinski definition) is 3. The Morgan fingerprint density at radius 3 is 2.41 bits per heavy atom. The van der Waals surface area contributed by atoms with Gasteiger partial charge in [-0.15, -0.1) is 10.2 Å². The van der Waals surface area contributed by atoms with E-state index in [4.69, 9.17) is 4.42 Å². The lowest BCUT2D eigenvalue weighted by Crippen LogP contribution is -3.06. The van der Waals surface area contributed by atoms with Crippen molar-refractivity contribution in [2.45, 2.75) is 13.1 Å². The third kappa shape index (κ3) is 3.81.